The zero-order valence-electron chi connectivity index (χ0n) is 12.7. The third kappa shape index (κ3) is 2.85. The van der Waals surface area contributed by atoms with Crippen molar-refractivity contribution in [1.29, 1.82) is 0 Å². The highest BCUT2D eigenvalue weighted by Gasteiger charge is 2.40. The molecule has 2 nitrogen and oxygen atoms in total. The monoisotopic (exact) mass is 261 g/mol. The van der Waals surface area contributed by atoms with Gasteiger partial charge in [0.25, 0.3) is 0 Å². The van der Waals surface area contributed by atoms with E-state index in [1.807, 2.05) is 7.11 Å². The van der Waals surface area contributed by atoms with E-state index in [9.17, 15) is 0 Å². The van der Waals surface area contributed by atoms with E-state index in [-0.39, 0.29) is 11.6 Å². The van der Waals surface area contributed by atoms with Crippen molar-refractivity contribution >= 4 is 0 Å². The maximum absolute atomic E-state index is 6.59. The average Bonchev–Trinajstić information content (AvgIpc) is 2.39. The van der Waals surface area contributed by atoms with Gasteiger partial charge < -0.3 is 10.5 Å². The molecule has 1 unspecified atom stereocenters. The molecule has 0 aromatic heterocycles. The summed E-state index contributed by atoms with van der Waals surface area (Å²) in [6.45, 7) is 6.59. The maximum atomic E-state index is 6.59. The van der Waals surface area contributed by atoms with E-state index >= 15 is 0 Å². The van der Waals surface area contributed by atoms with E-state index in [1.165, 1.54) is 29.5 Å². The third-order valence-corrected chi connectivity index (χ3v) is 4.85. The van der Waals surface area contributed by atoms with Gasteiger partial charge in [0.1, 0.15) is 0 Å². The molecule has 1 atom stereocenters. The van der Waals surface area contributed by atoms with Crippen LogP contribution in [0.3, 0.4) is 0 Å². The molecular formula is C17H27NO. The lowest BCUT2D eigenvalue weighted by molar-refractivity contribution is -0.0673. The predicted octanol–water partition coefficient (Wildman–Crippen LogP) is 3.90. The van der Waals surface area contributed by atoms with Crippen molar-refractivity contribution in [2.75, 3.05) is 7.11 Å². The third-order valence-electron chi connectivity index (χ3n) is 4.85. The Balaban J connectivity index is 2.27. The molecule has 0 radical (unpaired) electrons. The molecule has 1 aliphatic rings. The minimum Gasteiger partial charge on any atom is -0.376 e. The van der Waals surface area contributed by atoms with Crippen LogP contribution in [0, 0.1) is 19.8 Å². The number of aryl methyl sites for hydroxylation is 2. The number of methoxy groups -OCH3 is 1. The summed E-state index contributed by atoms with van der Waals surface area (Å²) in [7, 11) is 1.82. The van der Waals surface area contributed by atoms with E-state index < -0.39 is 0 Å². The lowest BCUT2D eigenvalue weighted by Gasteiger charge is -2.43. The summed E-state index contributed by atoms with van der Waals surface area (Å²) in [5.74, 6) is 0.801. The first-order valence-electron chi connectivity index (χ1n) is 7.36. The Hall–Kier alpha value is -0.860. The summed E-state index contributed by atoms with van der Waals surface area (Å²) in [6, 6.07) is 6.51. The van der Waals surface area contributed by atoms with Gasteiger partial charge in [0, 0.05) is 7.11 Å². The van der Waals surface area contributed by atoms with Crippen molar-refractivity contribution in [3.05, 3.63) is 34.9 Å². The van der Waals surface area contributed by atoms with Gasteiger partial charge in [0.05, 0.1) is 11.6 Å². The molecule has 0 spiro atoms. The van der Waals surface area contributed by atoms with Gasteiger partial charge in [-0.1, -0.05) is 30.7 Å². The first-order chi connectivity index (χ1) is 8.98. The standard InChI is InChI=1S/C17H27NO/c1-12-7-9-17(19-4,10-8-12)16(18)15-6-5-13(2)11-14(15)3/h5-6,11-12,16H,7-10,18H2,1-4H3. The van der Waals surface area contributed by atoms with Crippen LogP contribution >= 0.6 is 0 Å². The zero-order valence-corrected chi connectivity index (χ0v) is 12.7. The summed E-state index contributed by atoms with van der Waals surface area (Å²) in [5, 5.41) is 0. The van der Waals surface area contributed by atoms with E-state index in [0.29, 0.717) is 0 Å². The van der Waals surface area contributed by atoms with Crippen LogP contribution in [0.2, 0.25) is 0 Å². The second-order valence-electron chi connectivity index (χ2n) is 6.29. The zero-order chi connectivity index (χ0) is 14.0. The lowest BCUT2D eigenvalue weighted by Crippen LogP contribution is -2.46. The Labute approximate surface area is 117 Å². The highest BCUT2D eigenvalue weighted by molar-refractivity contribution is 5.34. The van der Waals surface area contributed by atoms with Gasteiger partial charge in [-0.3, -0.25) is 0 Å². The Morgan fingerprint density at radius 2 is 1.89 bits per heavy atom. The van der Waals surface area contributed by atoms with E-state index in [4.69, 9.17) is 10.5 Å². The summed E-state index contributed by atoms with van der Waals surface area (Å²) in [5.41, 5.74) is 10.2. The highest BCUT2D eigenvalue weighted by atomic mass is 16.5. The Bertz CT molecular complexity index is 433. The molecule has 106 valence electrons. The normalized spacial score (nSPS) is 29.2. The molecule has 1 fully saturated rings. The number of hydrogen-bond acceptors (Lipinski definition) is 2. The maximum Gasteiger partial charge on any atom is 0.0870 e. The van der Waals surface area contributed by atoms with Gasteiger partial charge in [-0.05, 0) is 56.6 Å². The Morgan fingerprint density at radius 3 is 2.42 bits per heavy atom. The van der Waals surface area contributed by atoms with Crippen LogP contribution in [0.15, 0.2) is 18.2 Å². The van der Waals surface area contributed by atoms with Crippen molar-refractivity contribution in [2.45, 2.75) is 58.1 Å². The molecule has 0 aliphatic heterocycles. The van der Waals surface area contributed by atoms with Crippen LogP contribution in [0.1, 0.15) is 55.3 Å². The number of rotatable bonds is 3. The Kier molecular flexibility index (Phi) is 4.32. The van der Waals surface area contributed by atoms with E-state index in [1.54, 1.807) is 0 Å². The minimum atomic E-state index is -0.174. The molecule has 1 aliphatic carbocycles. The summed E-state index contributed by atoms with van der Waals surface area (Å²) in [4.78, 5) is 0. The van der Waals surface area contributed by atoms with Crippen LogP contribution in [0.4, 0.5) is 0 Å². The van der Waals surface area contributed by atoms with E-state index in [2.05, 4.69) is 39.0 Å². The molecule has 1 aromatic rings. The number of benzene rings is 1. The fourth-order valence-electron chi connectivity index (χ4n) is 3.35. The van der Waals surface area contributed by atoms with Gasteiger partial charge >= 0.3 is 0 Å². The van der Waals surface area contributed by atoms with Crippen LogP contribution in [0.5, 0.6) is 0 Å². The number of nitrogens with two attached hydrogens (primary N) is 1. The van der Waals surface area contributed by atoms with Gasteiger partial charge in [-0.25, -0.2) is 0 Å². The topological polar surface area (TPSA) is 35.2 Å². The smallest absolute Gasteiger partial charge is 0.0870 e. The van der Waals surface area contributed by atoms with E-state index in [0.717, 1.165) is 18.8 Å². The Morgan fingerprint density at radius 1 is 1.26 bits per heavy atom. The first kappa shape index (κ1) is 14.5. The van der Waals surface area contributed by atoms with Gasteiger partial charge in [-0.15, -0.1) is 0 Å². The predicted molar refractivity (Wildman–Crippen MR) is 80.2 cm³/mol. The van der Waals surface area contributed by atoms with Gasteiger partial charge in [0.15, 0.2) is 0 Å². The second-order valence-corrected chi connectivity index (χ2v) is 6.29. The summed E-state index contributed by atoms with van der Waals surface area (Å²) in [6.07, 6.45) is 4.57. The second kappa shape index (κ2) is 5.64. The average molecular weight is 261 g/mol. The van der Waals surface area contributed by atoms with Gasteiger partial charge in [-0.2, -0.15) is 0 Å². The molecule has 1 aromatic carbocycles. The highest BCUT2D eigenvalue weighted by Crippen LogP contribution is 2.42. The molecule has 2 N–H and O–H groups in total. The largest absolute Gasteiger partial charge is 0.376 e. The number of hydrogen-bond donors (Lipinski definition) is 1. The SMILES string of the molecule is COC1(C(N)c2ccc(C)cc2C)CCC(C)CC1. The molecule has 0 amide bonds. The first-order valence-corrected chi connectivity index (χ1v) is 7.36. The molecule has 2 heteroatoms. The molecule has 0 saturated heterocycles. The molecule has 19 heavy (non-hydrogen) atoms. The van der Waals surface area contributed by atoms with Crippen molar-refractivity contribution in [1.82, 2.24) is 0 Å². The van der Waals surface area contributed by atoms with Crippen LogP contribution in [0.25, 0.3) is 0 Å². The lowest BCUT2D eigenvalue weighted by atomic mass is 9.73. The van der Waals surface area contributed by atoms with Crippen LogP contribution in [-0.4, -0.2) is 12.7 Å². The fraction of sp³-hybridized carbons (Fsp3) is 0.647. The molecule has 2 rings (SSSR count). The summed E-state index contributed by atoms with van der Waals surface area (Å²) < 4.78 is 5.90. The molecule has 0 heterocycles. The minimum absolute atomic E-state index is 0.0226. The van der Waals surface area contributed by atoms with Crippen molar-refractivity contribution in [2.24, 2.45) is 11.7 Å². The number of ether oxygens (including phenoxy) is 1. The molecule has 1 saturated carbocycles. The fourth-order valence-corrected chi connectivity index (χ4v) is 3.35. The van der Waals surface area contributed by atoms with Crippen molar-refractivity contribution in [3.63, 3.8) is 0 Å². The van der Waals surface area contributed by atoms with Crippen molar-refractivity contribution in [3.8, 4) is 0 Å². The van der Waals surface area contributed by atoms with Crippen LogP contribution in [-0.2, 0) is 4.74 Å². The quantitative estimate of drug-likeness (QED) is 0.895. The summed E-state index contributed by atoms with van der Waals surface area (Å²) >= 11 is 0. The molecule has 0 bridgehead atoms. The van der Waals surface area contributed by atoms with Crippen molar-refractivity contribution < 1.29 is 4.74 Å². The van der Waals surface area contributed by atoms with Gasteiger partial charge in [0.2, 0.25) is 0 Å². The molecular weight excluding hydrogens is 234 g/mol. The van der Waals surface area contributed by atoms with Crippen LogP contribution < -0.4 is 5.73 Å².